The highest BCUT2D eigenvalue weighted by atomic mass is 79.9. The SMILES string of the molecule is COCCN1C(=O)/C(=C\c2ccc(Br)s2)SC1=Nc1ccccc1. The highest BCUT2D eigenvalue weighted by molar-refractivity contribution is 9.11. The van der Waals surface area contributed by atoms with Crippen LogP contribution in [0.25, 0.3) is 6.08 Å². The molecule has 0 bridgehead atoms. The van der Waals surface area contributed by atoms with Crippen molar-refractivity contribution < 1.29 is 9.53 Å². The minimum absolute atomic E-state index is 0.0312. The summed E-state index contributed by atoms with van der Waals surface area (Å²) in [5.74, 6) is -0.0312. The Balaban J connectivity index is 1.90. The van der Waals surface area contributed by atoms with Crippen LogP contribution in [0.15, 0.2) is 56.1 Å². The van der Waals surface area contributed by atoms with E-state index in [-0.39, 0.29) is 5.91 Å². The average molecular weight is 423 g/mol. The number of hydrogen-bond acceptors (Lipinski definition) is 5. The fourth-order valence-electron chi connectivity index (χ4n) is 2.12. The van der Waals surface area contributed by atoms with Crippen LogP contribution in [-0.2, 0) is 9.53 Å². The number of benzene rings is 1. The van der Waals surface area contributed by atoms with Gasteiger partial charge in [0.2, 0.25) is 0 Å². The Labute approximate surface area is 157 Å². The average Bonchev–Trinajstić information content (AvgIpc) is 3.11. The maximum absolute atomic E-state index is 12.7. The quantitative estimate of drug-likeness (QED) is 0.652. The van der Waals surface area contributed by atoms with Crippen LogP contribution in [0, 0.1) is 0 Å². The molecule has 0 atom stereocenters. The number of thioether (sulfide) groups is 1. The Kier molecular flexibility index (Phi) is 5.89. The number of carbonyl (C=O) groups excluding carboxylic acids is 1. The molecule has 2 aromatic rings. The Bertz CT molecular complexity index is 787. The van der Waals surface area contributed by atoms with E-state index in [1.807, 2.05) is 48.5 Å². The lowest BCUT2D eigenvalue weighted by atomic mass is 10.3. The van der Waals surface area contributed by atoms with E-state index >= 15 is 0 Å². The summed E-state index contributed by atoms with van der Waals surface area (Å²) in [5.41, 5.74) is 0.829. The van der Waals surface area contributed by atoms with Gasteiger partial charge in [0.25, 0.3) is 5.91 Å². The monoisotopic (exact) mass is 422 g/mol. The molecule has 0 unspecified atom stereocenters. The summed E-state index contributed by atoms with van der Waals surface area (Å²) in [4.78, 5) is 20.7. The largest absolute Gasteiger partial charge is 0.383 e. The van der Waals surface area contributed by atoms with Gasteiger partial charge in [-0.1, -0.05) is 18.2 Å². The molecule has 0 saturated carbocycles. The predicted octanol–water partition coefficient (Wildman–Crippen LogP) is 4.76. The molecule has 124 valence electrons. The number of hydrogen-bond donors (Lipinski definition) is 0. The lowest BCUT2D eigenvalue weighted by Gasteiger charge is -2.14. The number of para-hydroxylation sites is 1. The van der Waals surface area contributed by atoms with Gasteiger partial charge >= 0.3 is 0 Å². The zero-order valence-electron chi connectivity index (χ0n) is 12.9. The van der Waals surface area contributed by atoms with Gasteiger partial charge < -0.3 is 4.74 Å². The summed E-state index contributed by atoms with van der Waals surface area (Å²) >= 11 is 6.44. The van der Waals surface area contributed by atoms with Crippen molar-refractivity contribution in [3.63, 3.8) is 0 Å². The first-order chi connectivity index (χ1) is 11.7. The maximum atomic E-state index is 12.7. The number of amides is 1. The minimum atomic E-state index is -0.0312. The Morgan fingerprint density at radius 3 is 2.71 bits per heavy atom. The van der Waals surface area contributed by atoms with Crippen molar-refractivity contribution in [1.82, 2.24) is 4.90 Å². The summed E-state index contributed by atoms with van der Waals surface area (Å²) in [5, 5.41) is 0.685. The number of halogens is 1. The number of carbonyl (C=O) groups is 1. The number of thiophene rings is 1. The van der Waals surface area contributed by atoms with Gasteiger partial charge in [-0.2, -0.15) is 0 Å². The highest BCUT2D eigenvalue weighted by Crippen LogP contribution is 2.35. The molecule has 3 rings (SSSR count). The van der Waals surface area contributed by atoms with Crippen LogP contribution in [0.4, 0.5) is 5.69 Å². The van der Waals surface area contributed by atoms with Crippen LogP contribution in [0.2, 0.25) is 0 Å². The molecular formula is C17H15BrN2O2S2. The van der Waals surface area contributed by atoms with Crippen LogP contribution in [-0.4, -0.2) is 36.2 Å². The van der Waals surface area contributed by atoms with Crippen LogP contribution >= 0.6 is 39.0 Å². The zero-order valence-corrected chi connectivity index (χ0v) is 16.2. The zero-order chi connectivity index (χ0) is 16.9. The molecule has 1 aliphatic rings. The van der Waals surface area contributed by atoms with Gasteiger partial charge in [0.05, 0.1) is 27.5 Å². The maximum Gasteiger partial charge on any atom is 0.266 e. The molecule has 1 aromatic carbocycles. The third-order valence-corrected chi connectivity index (χ3v) is 5.83. The second-order valence-corrected chi connectivity index (χ2v) is 8.44. The molecule has 0 radical (unpaired) electrons. The highest BCUT2D eigenvalue weighted by Gasteiger charge is 2.33. The number of ether oxygens (including phenoxy) is 1. The molecule has 1 fully saturated rings. The Morgan fingerprint density at radius 1 is 1.25 bits per heavy atom. The fourth-order valence-corrected chi connectivity index (χ4v) is 4.58. The third kappa shape index (κ3) is 4.16. The molecule has 4 nitrogen and oxygen atoms in total. The van der Waals surface area contributed by atoms with Crippen molar-refractivity contribution in [2.24, 2.45) is 4.99 Å². The van der Waals surface area contributed by atoms with Gasteiger partial charge in [-0.25, -0.2) is 4.99 Å². The molecule has 0 spiro atoms. The lowest BCUT2D eigenvalue weighted by Crippen LogP contribution is -2.32. The summed E-state index contributed by atoms with van der Waals surface area (Å²) in [6, 6.07) is 13.6. The number of amidine groups is 1. The Hall–Kier alpha value is -1.41. The van der Waals surface area contributed by atoms with Crippen LogP contribution in [0.3, 0.4) is 0 Å². The van der Waals surface area contributed by atoms with E-state index in [1.54, 1.807) is 23.3 Å². The van der Waals surface area contributed by atoms with E-state index < -0.39 is 0 Å². The van der Waals surface area contributed by atoms with Gasteiger partial charge in [-0.05, 0) is 58.0 Å². The van der Waals surface area contributed by atoms with E-state index in [0.29, 0.717) is 23.2 Å². The number of methoxy groups -OCH3 is 1. The predicted molar refractivity (Wildman–Crippen MR) is 105 cm³/mol. The topological polar surface area (TPSA) is 41.9 Å². The van der Waals surface area contributed by atoms with E-state index in [9.17, 15) is 4.79 Å². The first-order valence-electron chi connectivity index (χ1n) is 7.27. The van der Waals surface area contributed by atoms with Crippen molar-refractivity contribution in [3.05, 3.63) is 56.0 Å². The van der Waals surface area contributed by atoms with Crippen molar-refractivity contribution >= 4 is 61.9 Å². The first kappa shape index (κ1) is 17.4. The van der Waals surface area contributed by atoms with E-state index in [1.165, 1.54) is 11.8 Å². The van der Waals surface area contributed by atoms with Crippen molar-refractivity contribution in [2.75, 3.05) is 20.3 Å². The molecule has 1 amide bonds. The summed E-state index contributed by atoms with van der Waals surface area (Å²) in [6.07, 6.45) is 1.91. The van der Waals surface area contributed by atoms with Crippen molar-refractivity contribution in [1.29, 1.82) is 0 Å². The molecule has 24 heavy (non-hydrogen) atoms. The minimum Gasteiger partial charge on any atom is -0.383 e. The Morgan fingerprint density at radius 2 is 2.04 bits per heavy atom. The molecule has 0 aliphatic carbocycles. The van der Waals surface area contributed by atoms with E-state index in [2.05, 4.69) is 20.9 Å². The van der Waals surface area contributed by atoms with Gasteiger partial charge in [0.1, 0.15) is 0 Å². The number of aliphatic imine (C=N–C) groups is 1. The third-order valence-electron chi connectivity index (χ3n) is 3.26. The standard InChI is InChI=1S/C17H15BrN2O2S2/c1-22-10-9-20-16(21)14(11-13-7-8-15(18)23-13)24-17(20)19-12-5-3-2-4-6-12/h2-8,11H,9-10H2,1H3/b14-11+,19-17?. The second-order valence-electron chi connectivity index (χ2n) is 4.93. The van der Waals surface area contributed by atoms with Gasteiger partial charge in [0.15, 0.2) is 5.17 Å². The number of rotatable bonds is 5. The molecule has 2 heterocycles. The van der Waals surface area contributed by atoms with Crippen LogP contribution in [0.5, 0.6) is 0 Å². The summed E-state index contributed by atoms with van der Waals surface area (Å²) in [7, 11) is 1.63. The summed E-state index contributed by atoms with van der Waals surface area (Å²) < 4.78 is 6.17. The first-order valence-corrected chi connectivity index (χ1v) is 9.69. The van der Waals surface area contributed by atoms with Crippen molar-refractivity contribution in [3.8, 4) is 0 Å². The molecule has 1 aromatic heterocycles. The van der Waals surface area contributed by atoms with Gasteiger partial charge in [0, 0.05) is 12.0 Å². The summed E-state index contributed by atoms with van der Waals surface area (Å²) in [6.45, 7) is 0.956. The van der Waals surface area contributed by atoms with E-state index in [4.69, 9.17) is 4.74 Å². The van der Waals surface area contributed by atoms with Crippen molar-refractivity contribution in [2.45, 2.75) is 0 Å². The van der Waals surface area contributed by atoms with Gasteiger partial charge in [-0.15, -0.1) is 11.3 Å². The second kappa shape index (κ2) is 8.11. The van der Waals surface area contributed by atoms with Gasteiger partial charge in [-0.3, -0.25) is 9.69 Å². The number of nitrogens with zero attached hydrogens (tertiary/aromatic N) is 2. The smallest absolute Gasteiger partial charge is 0.266 e. The van der Waals surface area contributed by atoms with Crippen LogP contribution < -0.4 is 0 Å². The normalized spacial score (nSPS) is 18.1. The fraction of sp³-hybridized carbons (Fsp3) is 0.176. The molecular weight excluding hydrogens is 408 g/mol. The molecule has 1 saturated heterocycles. The molecule has 0 N–H and O–H groups in total. The molecule has 7 heteroatoms. The van der Waals surface area contributed by atoms with E-state index in [0.717, 1.165) is 14.4 Å². The van der Waals surface area contributed by atoms with Crippen LogP contribution in [0.1, 0.15) is 4.88 Å². The molecule has 1 aliphatic heterocycles. The lowest BCUT2D eigenvalue weighted by molar-refractivity contribution is -0.122.